The van der Waals surface area contributed by atoms with Crippen molar-refractivity contribution in [3.05, 3.63) is 70.4 Å². The van der Waals surface area contributed by atoms with Crippen LogP contribution < -0.4 is 5.69 Å². The quantitative estimate of drug-likeness (QED) is 0.519. The number of carbonyl (C=O) groups excluding carboxylic acids is 1. The molecule has 0 spiro atoms. The zero-order chi connectivity index (χ0) is 22.9. The maximum absolute atomic E-state index is 12.9. The van der Waals surface area contributed by atoms with Gasteiger partial charge in [-0.15, -0.1) is 20.0 Å². The Morgan fingerprint density at radius 1 is 1.03 bits per heavy atom. The van der Waals surface area contributed by atoms with Crippen molar-refractivity contribution in [1.29, 1.82) is 0 Å². The van der Waals surface area contributed by atoms with E-state index in [0.717, 1.165) is 26.9 Å². The van der Waals surface area contributed by atoms with Crippen molar-refractivity contribution < 1.29 is 4.79 Å². The van der Waals surface area contributed by atoms with Gasteiger partial charge in [0.15, 0.2) is 0 Å². The first-order chi connectivity index (χ1) is 15.3. The number of hydrogen-bond donors (Lipinski definition) is 1. The molecule has 0 saturated heterocycles. The van der Waals surface area contributed by atoms with Crippen LogP contribution >= 0.6 is 0 Å². The van der Waals surface area contributed by atoms with Gasteiger partial charge in [-0.2, -0.15) is 5.21 Å². The lowest BCUT2D eigenvalue weighted by Gasteiger charge is -2.18. The van der Waals surface area contributed by atoms with E-state index in [-0.39, 0.29) is 17.7 Å². The smallest absolute Gasteiger partial charge is 0.274 e. The lowest BCUT2D eigenvalue weighted by molar-refractivity contribution is 0.0887. The fourth-order valence-electron chi connectivity index (χ4n) is 3.51. The summed E-state index contributed by atoms with van der Waals surface area (Å²) in [6.45, 7) is 7.99. The number of benzene rings is 2. The van der Waals surface area contributed by atoms with Crippen LogP contribution in [-0.2, 0) is 12.0 Å². The van der Waals surface area contributed by atoms with Crippen LogP contribution in [0.2, 0.25) is 0 Å². The summed E-state index contributed by atoms with van der Waals surface area (Å²) in [6.07, 6.45) is 0.220. The van der Waals surface area contributed by atoms with Crippen molar-refractivity contribution in [2.45, 2.75) is 46.1 Å². The number of aromatic amines is 1. The van der Waals surface area contributed by atoms with E-state index in [9.17, 15) is 9.59 Å². The molecule has 164 valence electrons. The van der Waals surface area contributed by atoms with E-state index in [2.05, 4.69) is 25.7 Å². The number of tetrazole rings is 1. The normalized spacial score (nSPS) is 11.6. The van der Waals surface area contributed by atoms with Crippen LogP contribution in [-0.4, -0.2) is 40.9 Å². The van der Waals surface area contributed by atoms with Crippen LogP contribution in [0.5, 0.6) is 0 Å². The van der Waals surface area contributed by atoms with Crippen molar-refractivity contribution in [3.8, 4) is 22.5 Å². The Labute approximate surface area is 185 Å². The van der Waals surface area contributed by atoms with Crippen LogP contribution in [0.4, 0.5) is 0 Å². The van der Waals surface area contributed by atoms with Crippen LogP contribution in [0, 0.1) is 0 Å². The van der Waals surface area contributed by atoms with Crippen LogP contribution in [0.25, 0.3) is 22.5 Å². The van der Waals surface area contributed by atoms with E-state index in [1.54, 1.807) is 11.5 Å². The zero-order valence-electron chi connectivity index (χ0n) is 18.5. The highest BCUT2D eigenvalue weighted by atomic mass is 16.2. The molecule has 2 aromatic carbocycles. The van der Waals surface area contributed by atoms with Gasteiger partial charge < -0.3 is 0 Å². The third-order valence-electron chi connectivity index (χ3n) is 5.17. The molecular formula is C23H25N7O2. The number of hydrogen-bond acceptors (Lipinski definition) is 6. The number of H-pyrrole nitrogens is 1. The maximum Gasteiger partial charge on any atom is 0.353 e. The fourth-order valence-corrected chi connectivity index (χ4v) is 3.51. The summed E-state index contributed by atoms with van der Waals surface area (Å²) in [7, 11) is 0. The second-order valence-electron chi connectivity index (χ2n) is 8.61. The van der Waals surface area contributed by atoms with Gasteiger partial charge in [0.25, 0.3) is 5.91 Å². The molecule has 4 aromatic rings. The molecule has 0 aliphatic carbocycles. The van der Waals surface area contributed by atoms with E-state index in [1.165, 1.54) is 0 Å². The average Bonchev–Trinajstić information content (AvgIpc) is 3.43. The molecule has 0 unspecified atom stereocenters. The lowest BCUT2D eigenvalue weighted by atomic mass is 9.95. The predicted molar refractivity (Wildman–Crippen MR) is 120 cm³/mol. The molecule has 2 heterocycles. The lowest BCUT2D eigenvalue weighted by Crippen LogP contribution is -2.30. The molecule has 0 aliphatic heterocycles. The first-order valence-corrected chi connectivity index (χ1v) is 10.4. The minimum absolute atomic E-state index is 0.220. The Morgan fingerprint density at radius 3 is 2.38 bits per heavy atom. The van der Waals surface area contributed by atoms with Gasteiger partial charge in [0.1, 0.15) is 5.82 Å². The molecule has 0 amide bonds. The van der Waals surface area contributed by atoms with E-state index < -0.39 is 5.69 Å². The van der Waals surface area contributed by atoms with Crippen LogP contribution in [0.1, 0.15) is 50.3 Å². The fraction of sp³-hybridized carbons (Fsp3) is 0.304. The zero-order valence-corrected chi connectivity index (χ0v) is 18.5. The summed E-state index contributed by atoms with van der Waals surface area (Å²) >= 11 is 0. The largest absolute Gasteiger partial charge is 0.353 e. The highest BCUT2D eigenvalue weighted by Crippen LogP contribution is 2.25. The molecule has 32 heavy (non-hydrogen) atoms. The Morgan fingerprint density at radius 2 is 1.75 bits per heavy atom. The topological polar surface area (TPSA) is 111 Å². The van der Waals surface area contributed by atoms with Gasteiger partial charge in [-0.1, -0.05) is 70.2 Å². The summed E-state index contributed by atoms with van der Waals surface area (Å²) in [6, 6.07) is 15.9. The third kappa shape index (κ3) is 4.14. The number of rotatable bonds is 5. The molecule has 1 N–H and O–H groups in total. The molecule has 0 atom stereocenters. The molecule has 0 saturated carbocycles. The van der Waals surface area contributed by atoms with Gasteiger partial charge in [-0.05, 0) is 28.0 Å². The van der Waals surface area contributed by atoms with Gasteiger partial charge >= 0.3 is 5.69 Å². The third-order valence-corrected chi connectivity index (χ3v) is 5.17. The number of nitrogens with one attached hydrogen (secondary N) is 1. The highest BCUT2D eigenvalue weighted by molar-refractivity contribution is 5.77. The minimum Gasteiger partial charge on any atom is -0.274 e. The van der Waals surface area contributed by atoms with Gasteiger partial charge in [0, 0.05) is 17.4 Å². The monoisotopic (exact) mass is 431 g/mol. The summed E-state index contributed by atoms with van der Waals surface area (Å²) in [5.41, 5.74) is 3.08. The highest BCUT2D eigenvalue weighted by Gasteiger charge is 2.26. The average molecular weight is 432 g/mol. The maximum atomic E-state index is 12.9. The van der Waals surface area contributed by atoms with Gasteiger partial charge in [0.2, 0.25) is 5.82 Å². The molecule has 0 radical (unpaired) electrons. The predicted octanol–water partition coefficient (Wildman–Crippen LogP) is 3.29. The molecule has 9 nitrogen and oxygen atoms in total. The molecule has 2 aromatic heterocycles. The molecule has 0 bridgehead atoms. The summed E-state index contributed by atoms with van der Waals surface area (Å²) in [5.74, 6) is 0.813. The Balaban J connectivity index is 1.64. The van der Waals surface area contributed by atoms with Gasteiger partial charge in [-0.25, -0.2) is 4.79 Å². The summed E-state index contributed by atoms with van der Waals surface area (Å²) in [5, 5.41) is 18.5. The van der Waals surface area contributed by atoms with E-state index in [4.69, 9.17) is 0 Å². The standard InChI is InChI=1S/C23H25N7O2/c1-5-19(31)30-22(32)29(21(26-30)23(2,3)4)14-15-9-11-16(12-10-15)17-7-6-8-18(13-17)20-24-27-28-25-20/h6-13H,5,14H2,1-4H3,(H,24,25,27,28). The molecular weight excluding hydrogens is 406 g/mol. The Hall–Kier alpha value is -3.88. The minimum atomic E-state index is -0.404. The van der Waals surface area contributed by atoms with Crippen molar-refractivity contribution in [2.24, 2.45) is 0 Å². The van der Waals surface area contributed by atoms with Crippen molar-refractivity contribution in [2.75, 3.05) is 0 Å². The van der Waals surface area contributed by atoms with Crippen molar-refractivity contribution in [3.63, 3.8) is 0 Å². The van der Waals surface area contributed by atoms with Crippen LogP contribution in [0.3, 0.4) is 0 Å². The number of nitrogens with zero attached hydrogens (tertiary/aromatic N) is 6. The summed E-state index contributed by atoms with van der Waals surface area (Å²) < 4.78 is 2.57. The van der Waals surface area contributed by atoms with E-state index in [1.807, 2.05) is 69.3 Å². The Kier molecular flexibility index (Phi) is 5.56. The van der Waals surface area contributed by atoms with Crippen molar-refractivity contribution in [1.82, 2.24) is 35.0 Å². The Bertz CT molecular complexity index is 1290. The second-order valence-corrected chi connectivity index (χ2v) is 8.61. The molecule has 9 heteroatoms. The number of aromatic nitrogens is 7. The molecule has 0 fully saturated rings. The van der Waals surface area contributed by atoms with Gasteiger partial charge in [-0.3, -0.25) is 9.36 Å². The second kappa shape index (κ2) is 8.33. The molecule has 4 rings (SSSR count). The van der Waals surface area contributed by atoms with Gasteiger partial charge in [0.05, 0.1) is 6.54 Å². The summed E-state index contributed by atoms with van der Waals surface area (Å²) in [4.78, 5) is 25.1. The SMILES string of the molecule is CCC(=O)n1nc(C(C)(C)C)n(Cc2ccc(-c3cccc(-c4nn[nH]n4)c3)cc2)c1=O. The first kappa shape index (κ1) is 21.4. The van der Waals surface area contributed by atoms with E-state index >= 15 is 0 Å². The first-order valence-electron chi connectivity index (χ1n) is 10.4. The van der Waals surface area contributed by atoms with Crippen LogP contribution in [0.15, 0.2) is 53.3 Å². The van der Waals surface area contributed by atoms with E-state index in [0.29, 0.717) is 18.2 Å². The van der Waals surface area contributed by atoms with Crippen molar-refractivity contribution >= 4 is 5.91 Å². The number of carbonyl (C=O) groups is 1. The molecule has 0 aliphatic rings.